The van der Waals surface area contributed by atoms with Crippen LogP contribution in [0.5, 0.6) is 0 Å². The summed E-state index contributed by atoms with van der Waals surface area (Å²) >= 11 is 0. The molecule has 0 unspecified atom stereocenters. The van der Waals surface area contributed by atoms with Gasteiger partial charge in [0.05, 0.1) is 6.54 Å². The molecule has 1 saturated carbocycles. The fourth-order valence-corrected chi connectivity index (χ4v) is 3.59. The van der Waals surface area contributed by atoms with Gasteiger partial charge in [0.2, 0.25) is 11.8 Å². The quantitative estimate of drug-likeness (QED) is 0.832. The molecule has 1 aliphatic carbocycles. The largest absolute Gasteiger partial charge is 0.336 e. The van der Waals surface area contributed by atoms with E-state index in [1.54, 1.807) is 7.05 Å². The van der Waals surface area contributed by atoms with Gasteiger partial charge < -0.3 is 16.0 Å². The fraction of sp³-hybridized carbons (Fsp3) is 0.600. The summed E-state index contributed by atoms with van der Waals surface area (Å²) in [6.07, 6.45) is 5.97. The normalized spacial score (nSPS) is 16.3. The van der Waals surface area contributed by atoms with Crippen LogP contribution < -0.4 is 11.1 Å². The molecule has 1 aromatic rings. The van der Waals surface area contributed by atoms with E-state index in [0.717, 1.165) is 42.5 Å². The predicted octanol–water partition coefficient (Wildman–Crippen LogP) is 3.00. The summed E-state index contributed by atoms with van der Waals surface area (Å²) in [5, 5.41) is 2.91. The molecule has 0 atom stereocenters. The minimum atomic E-state index is -0.171. The summed E-state index contributed by atoms with van der Waals surface area (Å²) < 4.78 is 0. The number of hydrogen-bond acceptors (Lipinski definition) is 3. The third-order valence-corrected chi connectivity index (χ3v) is 5.56. The van der Waals surface area contributed by atoms with Crippen molar-refractivity contribution in [3.8, 4) is 0 Å². The van der Waals surface area contributed by atoms with E-state index in [2.05, 4.69) is 5.32 Å². The van der Waals surface area contributed by atoms with E-state index in [1.807, 2.05) is 32.0 Å². The Morgan fingerprint density at radius 3 is 2.52 bits per heavy atom. The van der Waals surface area contributed by atoms with E-state index < -0.39 is 0 Å². The van der Waals surface area contributed by atoms with Gasteiger partial charge in [0.1, 0.15) is 0 Å². The van der Waals surface area contributed by atoms with Crippen molar-refractivity contribution in [3.63, 3.8) is 0 Å². The number of carbonyl (C=O) groups excluding carboxylic acids is 2. The summed E-state index contributed by atoms with van der Waals surface area (Å²) in [6.45, 7) is 4.60. The van der Waals surface area contributed by atoms with Gasteiger partial charge in [-0.15, -0.1) is 0 Å². The molecule has 0 aliphatic heterocycles. The summed E-state index contributed by atoms with van der Waals surface area (Å²) in [7, 11) is 1.69. The van der Waals surface area contributed by atoms with Crippen LogP contribution in [0.3, 0.4) is 0 Å². The smallest absolute Gasteiger partial charge is 0.243 e. The number of nitrogens with two attached hydrogens (primary N) is 1. The molecular weight excluding hydrogens is 314 g/mol. The van der Waals surface area contributed by atoms with Gasteiger partial charge in [-0.25, -0.2) is 0 Å². The summed E-state index contributed by atoms with van der Waals surface area (Å²) in [5.41, 5.74) is 8.88. The van der Waals surface area contributed by atoms with Gasteiger partial charge >= 0.3 is 0 Å². The third kappa shape index (κ3) is 5.05. The predicted molar refractivity (Wildman–Crippen MR) is 101 cm³/mol. The van der Waals surface area contributed by atoms with Crippen molar-refractivity contribution in [2.45, 2.75) is 52.4 Å². The summed E-state index contributed by atoms with van der Waals surface area (Å²) in [6, 6.07) is 5.81. The molecule has 0 radical (unpaired) electrons. The van der Waals surface area contributed by atoms with Crippen molar-refractivity contribution in [1.29, 1.82) is 0 Å². The Morgan fingerprint density at radius 1 is 1.20 bits per heavy atom. The molecule has 1 aliphatic rings. The zero-order valence-electron chi connectivity index (χ0n) is 15.7. The number of anilines is 1. The van der Waals surface area contributed by atoms with Crippen molar-refractivity contribution < 1.29 is 9.59 Å². The van der Waals surface area contributed by atoms with Gasteiger partial charge in [0.25, 0.3) is 0 Å². The van der Waals surface area contributed by atoms with Gasteiger partial charge in [-0.05, 0) is 55.8 Å². The summed E-state index contributed by atoms with van der Waals surface area (Å²) in [5.74, 6) is -0.168. The van der Waals surface area contributed by atoms with E-state index in [4.69, 9.17) is 5.73 Å². The van der Waals surface area contributed by atoms with E-state index >= 15 is 0 Å². The molecule has 5 heteroatoms. The van der Waals surface area contributed by atoms with Gasteiger partial charge in [-0.3, -0.25) is 9.59 Å². The first-order chi connectivity index (χ1) is 11.9. The highest BCUT2D eigenvalue weighted by Crippen LogP contribution is 2.38. The zero-order chi connectivity index (χ0) is 18.4. The number of aryl methyl sites for hydroxylation is 1. The van der Waals surface area contributed by atoms with Crippen LogP contribution in [-0.4, -0.2) is 36.9 Å². The lowest BCUT2D eigenvalue weighted by Gasteiger charge is -2.36. The van der Waals surface area contributed by atoms with E-state index in [1.165, 1.54) is 11.3 Å². The Kier molecular flexibility index (Phi) is 6.59. The zero-order valence-corrected chi connectivity index (χ0v) is 15.7. The minimum Gasteiger partial charge on any atom is -0.336 e. The average molecular weight is 345 g/mol. The SMILES string of the molecule is Cc1cccc(NC(=O)CN(C)C(=O)CC2(CN)CCCCC2)c1C. The van der Waals surface area contributed by atoms with Crippen molar-refractivity contribution in [1.82, 2.24) is 4.90 Å². The molecule has 0 heterocycles. The lowest BCUT2D eigenvalue weighted by molar-refractivity contribution is -0.135. The molecule has 0 aromatic heterocycles. The van der Waals surface area contributed by atoms with Crippen LogP contribution in [0, 0.1) is 19.3 Å². The molecule has 3 N–H and O–H groups in total. The van der Waals surface area contributed by atoms with E-state index in [-0.39, 0.29) is 23.8 Å². The van der Waals surface area contributed by atoms with Crippen LogP contribution in [0.4, 0.5) is 5.69 Å². The Bertz CT molecular complexity index is 621. The number of nitrogens with one attached hydrogen (secondary N) is 1. The number of likely N-dealkylation sites (N-methyl/N-ethyl adjacent to an activating group) is 1. The van der Waals surface area contributed by atoms with Crippen molar-refractivity contribution >= 4 is 17.5 Å². The minimum absolute atomic E-state index is 0.00321. The fourth-order valence-electron chi connectivity index (χ4n) is 3.59. The number of carbonyl (C=O) groups is 2. The molecule has 138 valence electrons. The standard InChI is InChI=1S/C20H31N3O2/c1-15-8-7-9-17(16(15)2)22-18(24)13-23(3)19(25)12-20(14-21)10-5-4-6-11-20/h7-9H,4-6,10-14,21H2,1-3H3,(H,22,24). The van der Waals surface area contributed by atoms with Gasteiger partial charge in [-0.2, -0.15) is 0 Å². The number of rotatable bonds is 6. The van der Waals surface area contributed by atoms with Crippen LogP contribution in [0.15, 0.2) is 18.2 Å². The van der Waals surface area contributed by atoms with E-state index in [0.29, 0.717) is 13.0 Å². The maximum atomic E-state index is 12.6. The average Bonchev–Trinajstić information content (AvgIpc) is 2.59. The Hall–Kier alpha value is -1.88. The molecule has 0 bridgehead atoms. The maximum absolute atomic E-state index is 12.6. The molecule has 1 aromatic carbocycles. The molecule has 5 nitrogen and oxygen atoms in total. The second kappa shape index (κ2) is 8.48. The Balaban J connectivity index is 1.91. The van der Waals surface area contributed by atoms with Crippen molar-refractivity contribution in [3.05, 3.63) is 29.3 Å². The first-order valence-corrected chi connectivity index (χ1v) is 9.17. The van der Waals surface area contributed by atoms with Gasteiger partial charge in [0, 0.05) is 19.2 Å². The Morgan fingerprint density at radius 2 is 1.88 bits per heavy atom. The third-order valence-electron chi connectivity index (χ3n) is 5.56. The van der Waals surface area contributed by atoms with Crippen LogP contribution >= 0.6 is 0 Å². The topological polar surface area (TPSA) is 75.4 Å². The highest BCUT2D eigenvalue weighted by Gasteiger charge is 2.34. The lowest BCUT2D eigenvalue weighted by atomic mass is 9.71. The molecule has 2 amide bonds. The van der Waals surface area contributed by atoms with E-state index in [9.17, 15) is 9.59 Å². The van der Waals surface area contributed by atoms with Crippen LogP contribution in [-0.2, 0) is 9.59 Å². The monoisotopic (exact) mass is 345 g/mol. The number of benzene rings is 1. The highest BCUT2D eigenvalue weighted by molar-refractivity contribution is 5.95. The van der Waals surface area contributed by atoms with Crippen LogP contribution in [0.2, 0.25) is 0 Å². The molecular formula is C20H31N3O2. The Labute approximate surface area is 151 Å². The van der Waals surface area contributed by atoms with Crippen molar-refractivity contribution in [2.75, 3.05) is 25.5 Å². The second-order valence-electron chi connectivity index (χ2n) is 7.49. The van der Waals surface area contributed by atoms with Crippen LogP contribution in [0.25, 0.3) is 0 Å². The molecule has 2 rings (SSSR count). The lowest BCUT2D eigenvalue weighted by Crippen LogP contribution is -2.41. The summed E-state index contributed by atoms with van der Waals surface area (Å²) in [4.78, 5) is 26.4. The first-order valence-electron chi connectivity index (χ1n) is 9.17. The number of hydrogen-bond donors (Lipinski definition) is 2. The molecule has 0 spiro atoms. The highest BCUT2D eigenvalue weighted by atomic mass is 16.2. The number of amides is 2. The number of nitrogens with zero attached hydrogens (tertiary/aromatic N) is 1. The van der Waals surface area contributed by atoms with Crippen molar-refractivity contribution in [2.24, 2.45) is 11.1 Å². The maximum Gasteiger partial charge on any atom is 0.243 e. The molecule has 0 saturated heterocycles. The first kappa shape index (κ1) is 19.4. The van der Waals surface area contributed by atoms with Gasteiger partial charge in [-0.1, -0.05) is 31.4 Å². The van der Waals surface area contributed by atoms with Crippen LogP contribution in [0.1, 0.15) is 49.7 Å². The van der Waals surface area contributed by atoms with Gasteiger partial charge in [0.15, 0.2) is 0 Å². The molecule has 1 fully saturated rings. The second-order valence-corrected chi connectivity index (χ2v) is 7.49. The molecule has 25 heavy (non-hydrogen) atoms.